The molecular weight excluding hydrogens is 494 g/mol. The first kappa shape index (κ1) is 23.9. The van der Waals surface area contributed by atoms with E-state index in [0.717, 1.165) is 22.3 Å². The van der Waals surface area contributed by atoms with Crippen molar-refractivity contribution < 1.29 is 16.8 Å². The lowest BCUT2D eigenvalue weighted by molar-refractivity contribution is 0.595. The van der Waals surface area contributed by atoms with Gasteiger partial charge in [0.2, 0.25) is 0 Å². The van der Waals surface area contributed by atoms with Gasteiger partial charge in [-0.2, -0.15) is 0 Å². The van der Waals surface area contributed by atoms with E-state index in [0.29, 0.717) is 23.5 Å². The first-order chi connectivity index (χ1) is 17.0. The van der Waals surface area contributed by atoms with Crippen LogP contribution in [0.3, 0.4) is 0 Å². The Hall–Kier alpha value is -3.82. The summed E-state index contributed by atoms with van der Waals surface area (Å²) in [5, 5.41) is 0. The van der Waals surface area contributed by atoms with Gasteiger partial charge < -0.3 is 5.73 Å². The summed E-state index contributed by atoms with van der Waals surface area (Å²) in [6, 6.07) is 23.3. The van der Waals surface area contributed by atoms with Gasteiger partial charge in [0.25, 0.3) is 20.0 Å². The highest BCUT2D eigenvalue weighted by atomic mass is 32.2. The molecule has 0 aromatic heterocycles. The average molecular weight is 520 g/mol. The number of benzene rings is 4. The van der Waals surface area contributed by atoms with Crippen LogP contribution in [0.1, 0.15) is 22.3 Å². The third kappa shape index (κ3) is 4.31. The van der Waals surface area contributed by atoms with Crippen molar-refractivity contribution in [1.29, 1.82) is 0 Å². The fraction of sp³-hybridized carbons (Fsp3) is 0.111. The number of anilines is 4. The average Bonchev–Trinajstić information content (AvgIpc) is 2.83. The third-order valence-corrected chi connectivity index (χ3v) is 9.30. The maximum Gasteiger partial charge on any atom is 0.268 e. The molecule has 0 fully saturated rings. The van der Waals surface area contributed by atoms with Crippen LogP contribution in [0.25, 0.3) is 0 Å². The largest absolute Gasteiger partial charge is 0.399 e. The van der Waals surface area contributed by atoms with E-state index < -0.39 is 20.0 Å². The Morgan fingerprint density at radius 1 is 0.694 bits per heavy atom. The first-order valence-electron chi connectivity index (χ1n) is 11.3. The van der Waals surface area contributed by atoms with Crippen LogP contribution in [0.15, 0.2) is 94.7 Å². The number of aryl methyl sites for hydroxylation is 2. The number of nitrogens with two attached hydrogens (primary N) is 1. The zero-order valence-corrected chi connectivity index (χ0v) is 21.4. The van der Waals surface area contributed by atoms with Gasteiger partial charge >= 0.3 is 0 Å². The zero-order chi connectivity index (χ0) is 25.7. The number of nitrogen functional groups attached to an aromatic ring is 1. The van der Waals surface area contributed by atoms with E-state index in [-0.39, 0.29) is 15.5 Å². The van der Waals surface area contributed by atoms with Crippen LogP contribution in [0.2, 0.25) is 0 Å². The summed E-state index contributed by atoms with van der Waals surface area (Å²) in [5.41, 5.74) is 11.0. The van der Waals surface area contributed by atoms with Crippen molar-refractivity contribution in [1.82, 2.24) is 0 Å². The normalized spacial score (nSPS) is 13.1. The summed E-state index contributed by atoms with van der Waals surface area (Å²) in [6.07, 6.45) is 0.482. The lowest BCUT2D eigenvalue weighted by Crippen LogP contribution is -2.30. The van der Waals surface area contributed by atoms with E-state index in [1.165, 1.54) is 16.4 Å². The van der Waals surface area contributed by atoms with Gasteiger partial charge in [-0.05, 0) is 73.5 Å². The standard InChI is InChI=1S/C27H25N3O4S2/c1-18-3-11-24(12-4-18)35(31,32)29-23-10-8-21-15-20-7-9-22(28)16-26(20)30(27(21)17-23)36(33,34)25-13-5-19(2)6-14-25/h3-14,16-17,29H,15,28H2,1-2H3. The van der Waals surface area contributed by atoms with Crippen LogP contribution < -0.4 is 14.8 Å². The molecule has 1 aliphatic heterocycles. The summed E-state index contributed by atoms with van der Waals surface area (Å²) >= 11 is 0. The number of sulfonamides is 2. The number of nitrogens with one attached hydrogen (secondary N) is 1. The lowest BCUT2D eigenvalue weighted by Gasteiger charge is -2.33. The fourth-order valence-corrected chi connectivity index (χ4v) is 6.82. The van der Waals surface area contributed by atoms with Gasteiger partial charge in [0.15, 0.2) is 0 Å². The number of hydrogen-bond donors (Lipinski definition) is 2. The topological polar surface area (TPSA) is 110 Å². The van der Waals surface area contributed by atoms with Crippen LogP contribution in [0, 0.1) is 13.8 Å². The number of fused-ring (bicyclic) bond motifs is 2. The molecule has 1 heterocycles. The van der Waals surface area contributed by atoms with Crippen molar-refractivity contribution in [3.05, 3.63) is 107 Å². The molecule has 0 saturated carbocycles. The van der Waals surface area contributed by atoms with E-state index in [2.05, 4.69) is 4.72 Å². The fourth-order valence-electron chi connectivity index (χ4n) is 4.23. The van der Waals surface area contributed by atoms with Crippen molar-refractivity contribution in [3.8, 4) is 0 Å². The molecular formula is C27H25N3O4S2. The minimum absolute atomic E-state index is 0.119. The minimum Gasteiger partial charge on any atom is -0.399 e. The molecule has 4 aromatic carbocycles. The van der Waals surface area contributed by atoms with Gasteiger partial charge in [-0.15, -0.1) is 0 Å². The van der Waals surface area contributed by atoms with E-state index >= 15 is 0 Å². The quantitative estimate of drug-likeness (QED) is 0.356. The second kappa shape index (κ2) is 8.69. The molecule has 4 aromatic rings. The molecule has 0 aliphatic carbocycles. The SMILES string of the molecule is Cc1ccc(S(=O)(=O)Nc2ccc3c(c2)N(S(=O)(=O)c2ccc(C)cc2)c2cc(N)ccc2C3)cc1. The van der Waals surface area contributed by atoms with Crippen molar-refractivity contribution in [3.63, 3.8) is 0 Å². The number of hydrogen-bond acceptors (Lipinski definition) is 5. The summed E-state index contributed by atoms with van der Waals surface area (Å²) < 4.78 is 57.7. The molecule has 1 aliphatic rings. The molecule has 0 amide bonds. The summed E-state index contributed by atoms with van der Waals surface area (Å²) in [6.45, 7) is 3.76. The molecule has 0 unspecified atom stereocenters. The van der Waals surface area contributed by atoms with E-state index in [1.54, 1.807) is 66.7 Å². The Morgan fingerprint density at radius 3 is 1.83 bits per heavy atom. The van der Waals surface area contributed by atoms with Crippen molar-refractivity contribution in [2.45, 2.75) is 30.1 Å². The van der Waals surface area contributed by atoms with Gasteiger partial charge in [0.05, 0.1) is 26.9 Å². The number of rotatable bonds is 5. The molecule has 0 bridgehead atoms. The Labute approximate surface area is 211 Å². The highest BCUT2D eigenvalue weighted by Crippen LogP contribution is 2.44. The van der Waals surface area contributed by atoms with Gasteiger partial charge in [0, 0.05) is 12.1 Å². The van der Waals surface area contributed by atoms with Crippen molar-refractivity contribution in [2.24, 2.45) is 0 Å². The van der Waals surface area contributed by atoms with Crippen LogP contribution in [0.4, 0.5) is 22.7 Å². The van der Waals surface area contributed by atoms with Crippen LogP contribution in [-0.2, 0) is 26.5 Å². The van der Waals surface area contributed by atoms with Gasteiger partial charge in [0.1, 0.15) is 0 Å². The second-order valence-corrected chi connectivity index (χ2v) is 12.4. The van der Waals surface area contributed by atoms with E-state index in [4.69, 9.17) is 5.73 Å². The molecule has 3 N–H and O–H groups in total. The Morgan fingerprint density at radius 2 is 1.22 bits per heavy atom. The van der Waals surface area contributed by atoms with Crippen LogP contribution >= 0.6 is 0 Å². The highest BCUT2D eigenvalue weighted by molar-refractivity contribution is 7.93. The first-order valence-corrected chi connectivity index (χ1v) is 14.2. The Balaban J connectivity index is 1.63. The summed E-state index contributed by atoms with van der Waals surface area (Å²) in [4.78, 5) is 0.244. The van der Waals surface area contributed by atoms with Gasteiger partial charge in [-0.3, -0.25) is 4.72 Å². The highest BCUT2D eigenvalue weighted by Gasteiger charge is 2.34. The second-order valence-electron chi connectivity index (χ2n) is 8.91. The monoisotopic (exact) mass is 519 g/mol. The predicted molar refractivity (Wildman–Crippen MR) is 143 cm³/mol. The summed E-state index contributed by atoms with van der Waals surface area (Å²) in [7, 11) is -7.91. The summed E-state index contributed by atoms with van der Waals surface area (Å²) in [5.74, 6) is 0. The molecule has 0 radical (unpaired) electrons. The van der Waals surface area contributed by atoms with Crippen LogP contribution in [-0.4, -0.2) is 16.8 Å². The maximum absolute atomic E-state index is 13.9. The smallest absolute Gasteiger partial charge is 0.268 e. The molecule has 0 saturated heterocycles. The minimum atomic E-state index is -4.04. The third-order valence-electron chi connectivity index (χ3n) is 6.16. The molecule has 7 nitrogen and oxygen atoms in total. The Bertz CT molecular complexity index is 1680. The molecule has 9 heteroatoms. The lowest BCUT2D eigenvalue weighted by atomic mass is 9.96. The van der Waals surface area contributed by atoms with Gasteiger partial charge in [-0.25, -0.2) is 21.1 Å². The van der Waals surface area contributed by atoms with Gasteiger partial charge in [-0.1, -0.05) is 47.5 Å². The predicted octanol–water partition coefficient (Wildman–Crippen LogP) is 5.12. The van der Waals surface area contributed by atoms with Crippen molar-refractivity contribution in [2.75, 3.05) is 14.8 Å². The Kier molecular flexibility index (Phi) is 5.77. The molecule has 0 spiro atoms. The molecule has 36 heavy (non-hydrogen) atoms. The zero-order valence-electron chi connectivity index (χ0n) is 19.8. The molecule has 0 atom stereocenters. The van der Waals surface area contributed by atoms with Crippen LogP contribution in [0.5, 0.6) is 0 Å². The molecule has 184 valence electrons. The van der Waals surface area contributed by atoms with E-state index in [9.17, 15) is 16.8 Å². The maximum atomic E-state index is 13.9. The van der Waals surface area contributed by atoms with E-state index in [1.807, 2.05) is 19.9 Å². The van der Waals surface area contributed by atoms with Crippen molar-refractivity contribution >= 4 is 42.8 Å². The number of nitrogens with zero attached hydrogens (tertiary/aromatic N) is 1. The molecule has 5 rings (SSSR count).